The normalized spacial score (nSPS) is 9.00. The van der Waals surface area contributed by atoms with E-state index in [0.717, 1.165) is 5.56 Å². The van der Waals surface area contributed by atoms with Crippen LogP contribution in [0.15, 0.2) is 24.3 Å². The van der Waals surface area contributed by atoms with Gasteiger partial charge in [-0.05, 0) is 18.6 Å². The summed E-state index contributed by atoms with van der Waals surface area (Å²) in [7, 11) is 0. The number of hydrogen-bond donors (Lipinski definition) is 2. The molecule has 0 bridgehead atoms. The maximum absolute atomic E-state index is 11.3. The van der Waals surface area contributed by atoms with E-state index in [1.165, 1.54) is 0 Å². The average Bonchev–Trinajstić information content (AvgIpc) is 2.15. The summed E-state index contributed by atoms with van der Waals surface area (Å²) >= 11 is 0. The van der Waals surface area contributed by atoms with Crippen LogP contribution in [0.5, 0.6) is 0 Å². The molecule has 0 fully saturated rings. The zero-order valence-corrected chi connectivity index (χ0v) is 7.20. The minimum Gasteiger partial charge on any atom is -0.277 e. The highest BCUT2D eigenvalue weighted by atomic mass is 16.2. The molecule has 0 radical (unpaired) electrons. The molecule has 13 heavy (non-hydrogen) atoms. The van der Waals surface area contributed by atoms with E-state index in [-0.39, 0.29) is 5.91 Å². The fourth-order valence-electron chi connectivity index (χ4n) is 0.990. The lowest BCUT2D eigenvalue weighted by molar-refractivity contribution is -0.110. The summed E-state index contributed by atoms with van der Waals surface area (Å²) in [5.74, 6) is -0.315. The van der Waals surface area contributed by atoms with E-state index in [2.05, 4.69) is 10.9 Å². The Morgan fingerprint density at radius 2 is 2.08 bits per heavy atom. The second-order valence-corrected chi connectivity index (χ2v) is 2.53. The van der Waals surface area contributed by atoms with Crippen molar-refractivity contribution in [2.45, 2.75) is 6.92 Å². The van der Waals surface area contributed by atoms with E-state index in [9.17, 15) is 9.59 Å². The van der Waals surface area contributed by atoms with Crippen molar-refractivity contribution in [3.8, 4) is 0 Å². The minimum absolute atomic E-state index is 0.315. The number of hydrogen-bond acceptors (Lipinski definition) is 2. The summed E-state index contributed by atoms with van der Waals surface area (Å²) in [6.07, 6.45) is 0.413. The van der Waals surface area contributed by atoms with Gasteiger partial charge < -0.3 is 0 Å². The van der Waals surface area contributed by atoms with E-state index >= 15 is 0 Å². The zero-order chi connectivity index (χ0) is 9.68. The van der Waals surface area contributed by atoms with E-state index < -0.39 is 0 Å². The van der Waals surface area contributed by atoms with Crippen LogP contribution in [0.1, 0.15) is 15.9 Å². The molecule has 0 spiro atoms. The van der Waals surface area contributed by atoms with Gasteiger partial charge in [-0.1, -0.05) is 18.2 Å². The molecule has 0 aliphatic heterocycles. The Morgan fingerprint density at radius 3 is 2.69 bits per heavy atom. The Morgan fingerprint density at radius 1 is 1.38 bits per heavy atom. The lowest BCUT2D eigenvalue weighted by atomic mass is 10.1. The molecule has 0 saturated heterocycles. The predicted molar refractivity (Wildman–Crippen MR) is 47.8 cm³/mol. The molecule has 1 aromatic carbocycles. The standard InChI is InChI=1S/C9H10N2O2/c1-7-4-2-3-5-8(7)9(13)11-10-6-12/h2-6H,1H3,(H,10,12)(H,11,13). The monoisotopic (exact) mass is 178 g/mol. The van der Waals surface area contributed by atoms with E-state index in [1.54, 1.807) is 12.1 Å². The molecule has 0 aromatic heterocycles. The fraction of sp³-hybridized carbons (Fsp3) is 0.111. The van der Waals surface area contributed by atoms with Crippen LogP contribution in [0.25, 0.3) is 0 Å². The van der Waals surface area contributed by atoms with Crippen LogP contribution in [0, 0.1) is 6.92 Å². The summed E-state index contributed by atoms with van der Waals surface area (Å²) in [6, 6.07) is 7.13. The van der Waals surface area contributed by atoms with Crippen molar-refractivity contribution in [2.24, 2.45) is 0 Å². The van der Waals surface area contributed by atoms with Crippen molar-refractivity contribution in [1.29, 1.82) is 0 Å². The molecule has 68 valence electrons. The first-order valence-corrected chi connectivity index (χ1v) is 3.81. The molecule has 0 aliphatic carbocycles. The van der Waals surface area contributed by atoms with Gasteiger partial charge in [-0.2, -0.15) is 0 Å². The number of carbonyl (C=O) groups excluding carboxylic acids is 2. The van der Waals surface area contributed by atoms with Gasteiger partial charge >= 0.3 is 0 Å². The third-order valence-electron chi connectivity index (χ3n) is 1.63. The Labute approximate surface area is 75.9 Å². The van der Waals surface area contributed by atoms with Crippen LogP contribution in [-0.4, -0.2) is 12.3 Å². The number of rotatable bonds is 3. The number of aryl methyl sites for hydroxylation is 1. The first kappa shape index (κ1) is 9.25. The van der Waals surface area contributed by atoms with Crippen LogP contribution < -0.4 is 10.9 Å². The van der Waals surface area contributed by atoms with Crippen molar-refractivity contribution >= 4 is 12.3 Å². The molecular weight excluding hydrogens is 168 g/mol. The van der Waals surface area contributed by atoms with E-state index in [0.29, 0.717) is 12.0 Å². The van der Waals surface area contributed by atoms with Gasteiger partial charge in [-0.15, -0.1) is 0 Å². The predicted octanol–water partition coefficient (Wildman–Crippen LogP) is 0.386. The zero-order valence-electron chi connectivity index (χ0n) is 7.20. The molecule has 0 aliphatic rings. The number of carbonyl (C=O) groups is 2. The third-order valence-corrected chi connectivity index (χ3v) is 1.63. The first-order valence-electron chi connectivity index (χ1n) is 3.81. The lowest BCUT2D eigenvalue weighted by Gasteiger charge is -2.04. The number of nitrogens with one attached hydrogen (secondary N) is 2. The van der Waals surface area contributed by atoms with Crippen LogP contribution >= 0.6 is 0 Å². The Bertz CT molecular complexity index is 323. The van der Waals surface area contributed by atoms with Crippen molar-refractivity contribution in [3.63, 3.8) is 0 Å². The van der Waals surface area contributed by atoms with Gasteiger partial charge in [0.25, 0.3) is 5.91 Å². The van der Waals surface area contributed by atoms with Gasteiger partial charge in [0.05, 0.1) is 0 Å². The maximum Gasteiger partial charge on any atom is 0.269 e. The van der Waals surface area contributed by atoms with Gasteiger partial charge in [0.1, 0.15) is 0 Å². The molecule has 4 heteroatoms. The van der Waals surface area contributed by atoms with Crippen LogP contribution in [-0.2, 0) is 4.79 Å². The number of hydrazine groups is 1. The van der Waals surface area contributed by atoms with Crippen molar-refractivity contribution < 1.29 is 9.59 Å². The van der Waals surface area contributed by atoms with Gasteiger partial charge in [0.2, 0.25) is 6.41 Å². The Hall–Kier alpha value is -1.84. The topological polar surface area (TPSA) is 58.2 Å². The molecule has 1 aromatic rings. The quantitative estimate of drug-likeness (QED) is 0.519. The molecule has 2 N–H and O–H groups in total. The SMILES string of the molecule is Cc1ccccc1C(=O)NNC=O. The van der Waals surface area contributed by atoms with Crippen molar-refractivity contribution in [1.82, 2.24) is 10.9 Å². The maximum atomic E-state index is 11.3. The fourth-order valence-corrected chi connectivity index (χ4v) is 0.990. The first-order chi connectivity index (χ1) is 6.25. The highest BCUT2D eigenvalue weighted by Gasteiger charge is 2.05. The molecule has 4 nitrogen and oxygen atoms in total. The van der Waals surface area contributed by atoms with Crippen LogP contribution in [0.2, 0.25) is 0 Å². The second-order valence-electron chi connectivity index (χ2n) is 2.53. The minimum atomic E-state index is -0.315. The molecule has 2 amide bonds. The number of benzene rings is 1. The molecule has 0 unspecified atom stereocenters. The summed E-state index contributed by atoms with van der Waals surface area (Å²) in [4.78, 5) is 21.2. The second kappa shape index (κ2) is 4.25. The van der Waals surface area contributed by atoms with Gasteiger partial charge in [-0.25, -0.2) is 0 Å². The number of amides is 2. The molecule has 0 heterocycles. The molecule has 1 rings (SSSR count). The molecule has 0 saturated carbocycles. The van der Waals surface area contributed by atoms with Crippen LogP contribution in [0.4, 0.5) is 0 Å². The molecule has 0 atom stereocenters. The Balaban J connectivity index is 2.76. The largest absolute Gasteiger partial charge is 0.277 e. The van der Waals surface area contributed by atoms with Crippen molar-refractivity contribution in [2.75, 3.05) is 0 Å². The highest BCUT2D eigenvalue weighted by Crippen LogP contribution is 2.05. The summed E-state index contributed by atoms with van der Waals surface area (Å²) in [6.45, 7) is 1.83. The van der Waals surface area contributed by atoms with Gasteiger partial charge in [-0.3, -0.25) is 20.4 Å². The van der Waals surface area contributed by atoms with Gasteiger partial charge in [0.15, 0.2) is 0 Å². The van der Waals surface area contributed by atoms with E-state index in [4.69, 9.17) is 0 Å². The van der Waals surface area contributed by atoms with E-state index in [1.807, 2.05) is 19.1 Å². The average molecular weight is 178 g/mol. The summed E-state index contributed by atoms with van der Waals surface area (Å²) in [5.41, 5.74) is 5.75. The van der Waals surface area contributed by atoms with Crippen LogP contribution in [0.3, 0.4) is 0 Å². The van der Waals surface area contributed by atoms with Gasteiger partial charge in [0, 0.05) is 5.56 Å². The summed E-state index contributed by atoms with van der Waals surface area (Å²) < 4.78 is 0. The van der Waals surface area contributed by atoms with Crippen molar-refractivity contribution in [3.05, 3.63) is 35.4 Å². The summed E-state index contributed by atoms with van der Waals surface area (Å²) in [5, 5.41) is 0. The Kier molecular flexibility index (Phi) is 3.03. The highest BCUT2D eigenvalue weighted by molar-refractivity contribution is 5.95. The smallest absolute Gasteiger partial charge is 0.269 e. The third kappa shape index (κ3) is 2.30. The lowest BCUT2D eigenvalue weighted by Crippen LogP contribution is -2.36. The molecular formula is C9H10N2O2.